The normalized spacial score (nSPS) is 16.0. The zero-order valence-electron chi connectivity index (χ0n) is 13.5. The van der Waals surface area contributed by atoms with Gasteiger partial charge in [0.2, 0.25) is 15.9 Å². The Morgan fingerprint density at radius 2 is 1.91 bits per heavy atom. The van der Waals surface area contributed by atoms with Crippen LogP contribution >= 0.6 is 0 Å². The molecule has 1 saturated heterocycles. The number of hydrogen-bond donors (Lipinski definition) is 1. The number of hydrogen-bond acceptors (Lipinski definition) is 4. The molecule has 0 aromatic heterocycles. The van der Waals surface area contributed by atoms with E-state index in [-0.39, 0.29) is 18.1 Å². The van der Waals surface area contributed by atoms with E-state index in [9.17, 15) is 13.2 Å². The molecule has 6 nitrogen and oxygen atoms in total. The van der Waals surface area contributed by atoms with Crippen molar-refractivity contribution in [3.63, 3.8) is 0 Å². The molecule has 1 N–H and O–H groups in total. The van der Waals surface area contributed by atoms with Crippen molar-refractivity contribution in [1.82, 2.24) is 9.62 Å². The Hall–Kier alpha value is -1.60. The summed E-state index contributed by atoms with van der Waals surface area (Å²) in [6, 6.07) is 7.41. The van der Waals surface area contributed by atoms with Crippen LogP contribution in [0.25, 0.3) is 0 Å². The largest absolute Gasteiger partial charge is 0.496 e. The Morgan fingerprint density at radius 1 is 1.22 bits per heavy atom. The summed E-state index contributed by atoms with van der Waals surface area (Å²) in [6.07, 6.45) is 2.86. The van der Waals surface area contributed by atoms with Gasteiger partial charge in [0.05, 0.1) is 12.9 Å². The highest BCUT2D eigenvalue weighted by Crippen LogP contribution is 2.17. The number of para-hydroxylation sites is 1. The molecule has 2 rings (SSSR count). The Labute approximate surface area is 137 Å². The summed E-state index contributed by atoms with van der Waals surface area (Å²) in [4.78, 5) is 11.9. The fraction of sp³-hybridized carbons (Fsp3) is 0.562. The zero-order valence-corrected chi connectivity index (χ0v) is 14.3. The first-order chi connectivity index (χ1) is 11.0. The number of benzene rings is 1. The summed E-state index contributed by atoms with van der Waals surface area (Å²) >= 11 is 0. The Morgan fingerprint density at radius 3 is 2.61 bits per heavy atom. The van der Waals surface area contributed by atoms with Gasteiger partial charge >= 0.3 is 0 Å². The summed E-state index contributed by atoms with van der Waals surface area (Å²) in [5.41, 5.74) is 0.863. The van der Waals surface area contributed by atoms with Crippen molar-refractivity contribution in [3.8, 4) is 5.75 Å². The second kappa shape index (κ2) is 8.31. The lowest BCUT2D eigenvalue weighted by Crippen LogP contribution is -2.38. The maximum atomic E-state index is 12.2. The molecule has 128 valence electrons. The number of sulfonamides is 1. The number of ether oxygens (including phenoxy) is 1. The van der Waals surface area contributed by atoms with E-state index < -0.39 is 10.0 Å². The van der Waals surface area contributed by atoms with Crippen LogP contribution in [0.5, 0.6) is 5.75 Å². The molecule has 0 atom stereocenters. The summed E-state index contributed by atoms with van der Waals surface area (Å²) in [6.45, 7) is 1.48. The molecule has 0 aliphatic carbocycles. The molecule has 0 unspecified atom stereocenters. The van der Waals surface area contributed by atoms with E-state index in [1.165, 1.54) is 4.31 Å². The van der Waals surface area contributed by atoms with E-state index in [1.54, 1.807) is 7.11 Å². The molecule has 1 heterocycles. The van der Waals surface area contributed by atoms with Crippen molar-refractivity contribution in [2.45, 2.75) is 32.2 Å². The minimum Gasteiger partial charge on any atom is -0.496 e. The molecule has 1 aliphatic heterocycles. The van der Waals surface area contributed by atoms with Crippen molar-refractivity contribution in [2.75, 3.05) is 26.0 Å². The Kier molecular flexibility index (Phi) is 6.41. The smallest absolute Gasteiger partial charge is 0.221 e. The molecule has 23 heavy (non-hydrogen) atoms. The van der Waals surface area contributed by atoms with Crippen LogP contribution in [0.1, 0.15) is 31.2 Å². The second-order valence-corrected chi connectivity index (χ2v) is 7.70. The van der Waals surface area contributed by atoms with E-state index in [0.29, 0.717) is 25.4 Å². The summed E-state index contributed by atoms with van der Waals surface area (Å²) in [7, 11) is -1.75. The third-order valence-corrected chi connectivity index (χ3v) is 5.84. The molecule has 7 heteroatoms. The van der Waals surface area contributed by atoms with Crippen LogP contribution in [0.15, 0.2) is 24.3 Å². The number of nitrogens with one attached hydrogen (secondary N) is 1. The lowest BCUT2D eigenvalue weighted by atomic mass is 10.2. The molecule has 1 aliphatic rings. The van der Waals surface area contributed by atoms with Crippen LogP contribution in [-0.2, 0) is 21.4 Å². The van der Waals surface area contributed by atoms with Gasteiger partial charge in [-0.25, -0.2) is 12.7 Å². The molecule has 0 saturated carbocycles. The zero-order chi connectivity index (χ0) is 16.7. The molecular formula is C16H24N2O4S. The lowest BCUT2D eigenvalue weighted by Gasteiger charge is -2.25. The molecule has 1 fully saturated rings. The van der Waals surface area contributed by atoms with Gasteiger partial charge in [-0.05, 0) is 18.9 Å². The molecule has 1 amide bonds. The van der Waals surface area contributed by atoms with Crippen LogP contribution in [0, 0.1) is 0 Å². The first-order valence-corrected chi connectivity index (χ1v) is 9.50. The molecule has 0 spiro atoms. The third-order valence-electron chi connectivity index (χ3n) is 3.96. The van der Waals surface area contributed by atoms with Crippen molar-refractivity contribution < 1.29 is 17.9 Å². The van der Waals surface area contributed by atoms with Gasteiger partial charge in [0.1, 0.15) is 5.75 Å². The van der Waals surface area contributed by atoms with Crippen LogP contribution in [0.3, 0.4) is 0 Å². The van der Waals surface area contributed by atoms with E-state index in [2.05, 4.69) is 5.32 Å². The topological polar surface area (TPSA) is 75.7 Å². The number of nitrogens with zero attached hydrogens (tertiary/aromatic N) is 1. The maximum absolute atomic E-state index is 12.2. The number of methoxy groups -OCH3 is 1. The standard InChI is InChI=1S/C16H24N2O4S/c1-22-15-8-4-3-7-14(15)13-17-16(19)9-12-23(20,21)18-10-5-2-6-11-18/h3-4,7-8H,2,5-6,9-13H2,1H3,(H,17,19). The van der Waals surface area contributed by atoms with Gasteiger partial charge in [0.15, 0.2) is 0 Å². The van der Waals surface area contributed by atoms with Crippen LogP contribution < -0.4 is 10.1 Å². The van der Waals surface area contributed by atoms with E-state index in [1.807, 2.05) is 24.3 Å². The van der Waals surface area contributed by atoms with Crippen LogP contribution in [0.2, 0.25) is 0 Å². The number of amides is 1. The first kappa shape index (κ1) is 17.7. The van der Waals surface area contributed by atoms with Gasteiger partial charge in [0.25, 0.3) is 0 Å². The Balaban J connectivity index is 1.80. The highest BCUT2D eigenvalue weighted by Gasteiger charge is 2.24. The predicted octanol–water partition coefficient (Wildman–Crippen LogP) is 1.52. The first-order valence-electron chi connectivity index (χ1n) is 7.89. The predicted molar refractivity (Wildman–Crippen MR) is 88.7 cm³/mol. The fourth-order valence-corrected chi connectivity index (χ4v) is 4.14. The SMILES string of the molecule is COc1ccccc1CNC(=O)CCS(=O)(=O)N1CCCCC1. The lowest BCUT2D eigenvalue weighted by molar-refractivity contribution is -0.120. The summed E-state index contributed by atoms with van der Waals surface area (Å²) < 4.78 is 31.1. The minimum atomic E-state index is -3.33. The van der Waals surface area contributed by atoms with Gasteiger partial charge in [-0.3, -0.25) is 4.79 Å². The van der Waals surface area contributed by atoms with Crippen LogP contribution in [-0.4, -0.2) is 44.6 Å². The van der Waals surface area contributed by atoms with Crippen molar-refractivity contribution in [3.05, 3.63) is 29.8 Å². The summed E-state index contributed by atoms with van der Waals surface area (Å²) in [5.74, 6) is 0.301. The van der Waals surface area contributed by atoms with E-state index in [0.717, 1.165) is 24.8 Å². The maximum Gasteiger partial charge on any atom is 0.221 e. The fourth-order valence-electron chi connectivity index (χ4n) is 2.63. The number of rotatable bonds is 7. The quantitative estimate of drug-likeness (QED) is 0.816. The highest BCUT2D eigenvalue weighted by molar-refractivity contribution is 7.89. The summed E-state index contributed by atoms with van der Waals surface area (Å²) in [5, 5.41) is 2.75. The molecule has 1 aromatic carbocycles. The van der Waals surface area contributed by atoms with Gasteiger partial charge in [-0.1, -0.05) is 24.6 Å². The number of carbonyl (C=O) groups is 1. The highest BCUT2D eigenvalue weighted by atomic mass is 32.2. The minimum absolute atomic E-state index is 0.0199. The van der Waals surface area contributed by atoms with Gasteiger partial charge in [0, 0.05) is 31.6 Å². The van der Waals surface area contributed by atoms with Crippen molar-refractivity contribution in [2.24, 2.45) is 0 Å². The number of piperidine rings is 1. The molecule has 1 aromatic rings. The van der Waals surface area contributed by atoms with Gasteiger partial charge in [-0.15, -0.1) is 0 Å². The van der Waals surface area contributed by atoms with E-state index >= 15 is 0 Å². The van der Waals surface area contributed by atoms with Crippen molar-refractivity contribution in [1.29, 1.82) is 0 Å². The van der Waals surface area contributed by atoms with E-state index in [4.69, 9.17) is 4.74 Å². The monoisotopic (exact) mass is 340 g/mol. The van der Waals surface area contributed by atoms with Gasteiger partial charge in [-0.2, -0.15) is 0 Å². The second-order valence-electron chi connectivity index (χ2n) is 5.61. The Bertz CT molecular complexity index is 625. The third kappa shape index (κ3) is 5.21. The molecule has 0 radical (unpaired) electrons. The average Bonchev–Trinajstić information content (AvgIpc) is 2.59. The molecule has 0 bridgehead atoms. The number of carbonyl (C=O) groups excluding carboxylic acids is 1. The average molecular weight is 340 g/mol. The van der Waals surface area contributed by atoms with Gasteiger partial charge < -0.3 is 10.1 Å². The van der Waals surface area contributed by atoms with Crippen molar-refractivity contribution >= 4 is 15.9 Å². The molecular weight excluding hydrogens is 316 g/mol. The van der Waals surface area contributed by atoms with Crippen LogP contribution in [0.4, 0.5) is 0 Å².